The van der Waals surface area contributed by atoms with Crippen LogP contribution >= 0.6 is 15.9 Å². The van der Waals surface area contributed by atoms with Gasteiger partial charge in [-0.25, -0.2) is 0 Å². The SMILES string of the molecule is CCCC(CCBr)CNC(=O)C1CC1C. The molecule has 1 N–H and O–H groups in total. The van der Waals surface area contributed by atoms with Gasteiger partial charge in [0, 0.05) is 17.8 Å². The summed E-state index contributed by atoms with van der Waals surface area (Å²) in [4.78, 5) is 11.6. The minimum atomic E-state index is 0.276. The third-order valence-corrected chi connectivity index (χ3v) is 3.68. The molecule has 1 aliphatic carbocycles. The van der Waals surface area contributed by atoms with Gasteiger partial charge in [0.15, 0.2) is 0 Å². The van der Waals surface area contributed by atoms with Crippen molar-refractivity contribution in [2.75, 3.05) is 11.9 Å². The second-order valence-corrected chi connectivity index (χ2v) is 5.49. The van der Waals surface area contributed by atoms with Gasteiger partial charge in [0.25, 0.3) is 0 Å². The average molecular weight is 276 g/mol. The number of alkyl halides is 1. The number of hydrogen-bond donors (Lipinski definition) is 1. The molecule has 0 saturated heterocycles. The van der Waals surface area contributed by atoms with E-state index in [2.05, 4.69) is 35.1 Å². The standard InChI is InChI=1S/C12H22BrNO/c1-3-4-10(5-6-13)8-14-12(15)11-7-9(11)2/h9-11H,3-8H2,1-2H3,(H,14,15). The lowest BCUT2D eigenvalue weighted by Gasteiger charge is -2.15. The number of rotatable bonds is 7. The molecule has 0 bridgehead atoms. The van der Waals surface area contributed by atoms with Crippen LogP contribution in [0.25, 0.3) is 0 Å². The van der Waals surface area contributed by atoms with Gasteiger partial charge in [-0.05, 0) is 31.1 Å². The van der Waals surface area contributed by atoms with Crippen LogP contribution in [0, 0.1) is 17.8 Å². The molecule has 1 aliphatic rings. The van der Waals surface area contributed by atoms with Crippen molar-refractivity contribution in [3.8, 4) is 0 Å². The van der Waals surface area contributed by atoms with E-state index in [9.17, 15) is 4.79 Å². The van der Waals surface area contributed by atoms with Gasteiger partial charge in [-0.2, -0.15) is 0 Å². The molecule has 88 valence electrons. The molecule has 2 nitrogen and oxygen atoms in total. The average Bonchev–Trinajstić information content (AvgIpc) is 2.92. The summed E-state index contributed by atoms with van der Waals surface area (Å²) in [5, 5.41) is 4.12. The van der Waals surface area contributed by atoms with Gasteiger partial charge in [0.05, 0.1) is 0 Å². The van der Waals surface area contributed by atoms with E-state index in [1.54, 1.807) is 0 Å². The van der Waals surface area contributed by atoms with Crippen molar-refractivity contribution in [2.45, 2.75) is 39.5 Å². The van der Waals surface area contributed by atoms with Crippen LogP contribution in [0.4, 0.5) is 0 Å². The summed E-state index contributed by atoms with van der Waals surface area (Å²) in [6, 6.07) is 0. The molecule has 3 heteroatoms. The first-order valence-electron chi connectivity index (χ1n) is 6.02. The normalized spacial score (nSPS) is 26.1. The molecule has 0 aromatic rings. The van der Waals surface area contributed by atoms with E-state index in [0.29, 0.717) is 17.8 Å². The van der Waals surface area contributed by atoms with Crippen molar-refractivity contribution in [3.63, 3.8) is 0 Å². The van der Waals surface area contributed by atoms with Crippen LogP contribution in [0.2, 0.25) is 0 Å². The van der Waals surface area contributed by atoms with Crippen LogP contribution in [-0.2, 0) is 4.79 Å². The second kappa shape index (κ2) is 6.51. The summed E-state index contributed by atoms with van der Waals surface area (Å²) in [6.45, 7) is 5.21. The zero-order valence-electron chi connectivity index (χ0n) is 9.76. The fourth-order valence-corrected chi connectivity index (χ4v) is 2.62. The molecule has 0 aromatic carbocycles. The summed E-state index contributed by atoms with van der Waals surface area (Å²) in [7, 11) is 0. The first-order chi connectivity index (χ1) is 7.19. The van der Waals surface area contributed by atoms with Gasteiger partial charge < -0.3 is 5.32 Å². The lowest BCUT2D eigenvalue weighted by molar-refractivity contribution is -0.122. The van der Waals surface area contributed by atoms with E-state index in [4.69, 9.17) is 0 Å². The van der Waals surface area contributed by atoms with Crippen molar-refractivity contribution in [2.24, 2.45) is 17.8 Å². The highest BCUT2D eigenvalue weighted by molar-refractivity contribution is 9.09. The van der Waals surface area contributed by atoms with Crippen LogP contribution in [0.3, 0.4) is 0 Å². The van der Waals surface area contributed by atoms with E-state index < -0.39 is 0 Å². The van der Waals surface area contributed by atoms with Crippen LogP contribution in [0.5, 0.6) is 0 Å². The Morgan fingerprint density at radius 3 is 2.67 bits per heavy atom. The Hall–Kier alpha value is -0.0500. The Bertz CT molecular complexity index is 202. The molecule has 1 rings (SSSR count). The first kappa shape index (κ1) is 13.0. The molecule has 3 unspecified atom stereocenters. The van der Waals surface area contributed by atoms with Crippen LogP contribution in [-0.4, -0.2) is 17.8 Å². The fraction of sp³-hybridized carbons (Fsp3) is 0.917. The predicted molar refractivity (Wildman–Crippen MR) is 67.1 cm³/mol. The molecule has 1 saturated carbocycles. The Labute approximate surface area is 101 Å². The minimum absolute atomic E-state index is 0.276. The Morgan fingerprint density at radius 1 is 1.53 bits per heavy atom. The third kappa shape index (κ3) is 4.54. The van der Waals surface area contributed by atoms with Gasteiger partial charge in [-0.15, -0.1) is 0 Å². The second-order valence-electron chi connectivity index (χ2n) is 4.70. The highest BCUT2D eigenvalue weighted by Crippen LogP contribution is 2.37. The van der Waals surface area contributed by atoms with Gasteiger partial charge >= 0.3 is 0 Å². The Kier molecular flexibility index (Phi) is 5.65. The van der Waals surface area contributed by atoms with E-state index in [-0.39, 0.29) is 5.91 Å². The molecule has 1 fully saturated rings. The largest absolute Gasteiger partial charge is 0.356 e. The molecule has 0 radical (unpaired) electrons. The number of nitrogens with one attached hydrogen (secondary N) is 1. The molecule has 3 atom stereocenters. The Balaban J connectivity index is 2.17. The molecule has 1 amide bonds. The van der Waals surface area contributed by atoms with E-state index in [0.717, 1.165) is 24.7 Å². The smallest absolute Gasteiger partial charge is 0.223 e. The van der Waals surface area contributed by atoms with Gasteiger partial charge in [0.1, 0.15) is 0 Å². The Morgan fingerprint density at radius 2 is 2.20 bits per heavy atom. The number of halogens is 1. The molecule has 0 spiro atoms. The zero-order chi connectivity index (χ0) is 11.3. The highest BCUT2D eigenvalue weighted by atomic mass is 79.9. The third-order valence-electron chi connectivity index (χ3n) is 3.23. The van der Waals surface area contributed by atoms with Crippen molar-refractivity contribution < 1.29 is 4.79 Å². The maximum Gasteiger partial charge on any atom is 0.223 e. The van der Waals surface area contributed by atoms with Crippen molar-refractivity contribution >= 4 is 21.8 Å². The number of carbonyl (C=O) groups is 1. The van der Waals surface area contributed by atoms with Gasteiger partial charge in [-0.1, -0.05) is 36.2 Å². The number of hydrogen-bond acceptors (Lipinski definition) is 1. The first-order valence-corrected chi connectivity index (χ1v) is 7.14. The van der Waals surface area contributed by atoms with E-state index in [1.807, 2.05) is 0 Å². The quantitative estimate of drug-likeness (QED) is 0.712. The topological polar surface area (TPSA) is 29.1 Å². The summed E-state index contributed by atoms with van der Waals surface area (Å²) < 4.78 is 0. The lowest BCUT2D eigenvalue weighted by Crippen LogP contribution is -2.31. The molecule has 0 aliphatic heterocycles. The van der Waals surface area contributed by atoms with Crippen LogP contribution in [0.15, 0.2) is 0 Å². The van der Waals surface area contributed by atoms with Crippen LogP contribution in [0.1, 0.15) is 39.5 Å². The lowest BCUT2D eigenvalue weighted by atomic mass is 10.0. The maximum atomic E-state index is 11.6. The van der Waals surface area contributed by atoms with E-state index in [1.165, 1.54) is 12.8 Å². The molecular weight excluding hydrogens is 254 g/mol. The minimum Gasteiger partial charge on any atom is -0.356 e. The van der Waals surface area contributed by atoms with Crippen molar-refractivity contribution in [1.29, 1.82) is 0 Å². The monoisotopic (exact) mass is 275 g/mol. The molecule has 15 heavy (non-hydrogen) atoms. The van der Waals surface area contributed by atoms with Crippen molar-refractivity contribution in [1.82, 2.24) is 5.32 Å². The summed E-state index contributed by atoms with van der Waals surface area (Å²) in [6.07, 6.45) is 4.66. The molecular formula is C12H22BrNO. The summed E-state index contributed by atoms with van der Waals surface area (Å²) >= 11 is 3.47. The predicted octanol–water partition coefficient (Wildman–Crippen LogP) is 2.96. The molecule has 0 aromatic heterocycles. The van der Waals surface area contributed by atoms with Gasteiger partial charge in [-0.3, -0.25) is 4.79 Å². The zero-order valence-corrected chi connectivity index (χ0v) is 11.3. The van der Waals surface area contributed by atoms with Crippen molar-refractivity contribution in [3.05, 3.63) is 0 Å². The maximum absolute atomic E-state index is 11.6. The summed E-state index contributed by atoms with van der Waals surface area (Å²) in [5.74, 6) is 1.85. The summed E-state index contributed by atoms with van der Waals surface area (Å²) in [5.41, 5.74) is 0. The molecule has 0 heterocycles. The number of amides is 1. The number of carbonyl (C=O) groups excluding carboxylic acids is 1. The highest BCUT2D eigenvalue weighted by Gasteiger charge is 2.38. The fourth-order valence-electron chi connectivity index (χ4n) is 1.97. The van der Waals surface area contributed by atoms with Crippen LogP contribution < -0.4 is 5.32 Å². The van der Waals surface area contributed by atoms with Gasteiger partial charge in [0.2, 0.25) is 5.91 Å². The van der Waals surface area contributed by atoms with E-state index >= 15 is 0 Å².